The van der Waals surface area contributed by atoms with E-state index in [9.17, 15) is 18.0 Å². The number of hydrogen-bond acceptors (Lipinski definition) is 5. The second-order valence-electron chi connectivity index (χ2n) is 9.09. The molecule has 0 radical (unpaired) electrons. The SMILES string of the molecule is COc1ccc(Cl)cc1N(CC(=O)N(Cc1ccccc1Cl)C(C)C(=O)NC(C)C)S(=O)(=O)c1ccccc1. The Hall–Kier alpha value is -3.27. The molecule has 0 spiro atoms. The molecule has 1 unspecified atom stereocenters. The zero-order chi connectivity index (χ0) is 28.7. The third-order valence-corrected chi connectivity index (χ3v) is 8.29. The lowest BCUT2D eigenvalue weighted by Crippen LogP contribution is -2.52. The number of ether oxygens (including phenoxy) is 1. The van der Waals surface area contributed by atoms with Gasteiger partial charge in [0.05, 0.1) is 17.7 Å². The highest BCUT2D eigenvalue weighted by atomic mass is 35.5. The summed E-state index contributed by atoms with van der Waals surface area (Å²) in [7, 11) is -2.86. The fourth-order valence-corrected chi connectivity index (χ4v) is 5.69. The Morgan fingerprint density at radius 2 is 1.59 bits per heavy atom. The molecule has 0 aliphatic rings. The first-order valence-corrected chi connectivity index (χ1v) is 14.4. The summed E-state index contributed by atoms with van der Waals surface area (Å²) in [6.07, 6.45) is 0. The van der Waals surface area contributed by atoms with Crippen molar-refractivity contribution in [3.63, 3.8) is 0 Å². The number of amides is 2. The van der Waals surface area contributed by atoms with Gasteiger partial charge < -0.3 is 15.0 Å². The van der Waals surface area contributed by atoms with E-state index in [1.807, 2.05) is 13.8 Å². The summed E-state index contributed by atoms with van der Waals surface area (Å²) < 4.78 is 34.1. The summed E-state index contributed by atoms with van der Waals surface area (Å²) in [5.74, 6) is -0.805. The Labute approximate surface area is 239 Å². The van der Waals surface area contributed by atoms with Gasteiger partial charge in [-0.05, 0) is 62.7 Å². The number of nitrogens with zero attached hydrogens (tertiary/aromatic N) is 2. The van der Waals surface area contributed by atoms with Gasteiger partial charge in [-0.25, -0.2) is 8.42 Å². The van der Waals surface area contributed by atoms with Crippen LogP contribution in [-0.2, 0) is 26.2 Å². The second-order valence-corrected chi connectivity index (χ2v) is 11.8. The third-order valence-electron chi connectivity index (χ3n) is 5.92. The van der Waals surface area contributed by atoms with Gasteiger partial charge >= 0.3 is 0 Å². The molecule has 0 bridgehead atoms. The Morgan fingerprint density at radius 1 is 0.949 bits per heavy atom. The first kappa shape index (κ1) is 30.3. The molecule has 0 aliphatic carbocycles. The van der Waals surface area contributed by atoms with E-state index in [-0.39, 0.29) is 39.8 Å². The van der Waals surface area contributed by atoms with Crippen molar-refractivity contribution in [2.45, 2.75) is 44.3 Å². The zero-order valence-electron chi connectivity index (χ0n) is 22.1. The van der Waals surface area contributed by atoms with E-state index >= 15 is 0 Å². The van der Waals surface area contributed by atoms with E-state index < -0.39 is 28.5 Å². The van der Waals surface area contributed by atoms with Crippen LogP contribution >= 0.6 is 23.2 Å². The first-order valence-electron chi connectivity index (χ1n) is 12.2. The molecule has 11 heteroatoms. The normalized spacial score (nSPS) is 12.1. The van der Waals surface area contributed by atoms with Gasteiger partial charge in [-0.3, -0.25) is 13.9 Å². The lowest BCUT2D eigenvalue weighted by molar-refractivity contribution is -0.139. The van der Waals surface area contributed by atoms with Crippen LogP contribution in [0.2, 0.25) is 10.0 Å². The Bertz CT molecular complexity index is 1420. The predicted molar refractivity (Wildman–Crippen MR) is 154 cm³/mol. The molecular formula is C28H31Cl2N3O5S. The molecule has 1 atom stereocenters. The van der Waals surface area contributed by atoms with Gasteiger partial charge in [-0.15, -0.1) is 0 Å². The highest BCUT2D eigenvalue weighted by molar-refractivity contribution is 7.92. The zero-order valence-corrected chi connectivity index (χ0v) is 24.4. The van der Waals surface area contributed by atoms with Gasteiger partial charge in [0, 0.05) is 22.6 Å². The average Bonchev–Trinajstić information content (AvgIpc) is 2.90. The average molecular weight is 593 g/mol. The quantitative estimate of drug-likeness (QED) is 0.333. The molecule has 39 heavy (non-hydrogen) atoms. The van der Waals surface area contributed by atoms with Crippen LogP contribution in [0.1, 0.15) is 26.3 Å². The Morgan fingerprint density at radius 3 is 2.21 bits per heavy atom. The number of nitrogens with one attached hydrogen (secondary N) is 1. The molecule has 1 N–H and O–H groups in total. The molecule has 3 aromatic rings. The maximum atomic E-state index is 14.0. The fraction of sp³-hybridized carbons (Fsp3) is 0.286. The molecule has 0 saturated carbocycles. The van der Waals surface area contributed by atoms with E-state index in [4.69, 9.17) is 27.9 Å². The van der Waals surface area contributed by atoms with Gasteiger partial charge in [-0.1, -0.05) is 59.6 Å². The lowest BCUT2D eigenvalue weighted by Gasteiger charge is -2.32. The number of anilines is 1. The minimum atomic E-state index is -4.26. The number of sulfonamides is 1. The maximum Gasteiger partial charge on any atom is 0.264 e. The summed E-state index contributed by atoms with van der Waals surface area (Å²) >= 11 is 12.6. The summed E-state index contributed by atoms with van der Waals surface area (Å²) in [5.41, 5.74) is 0.689. The van der Waals surface area contributed by atoms with E-state index in [1.165, 1.54) is 36.3 Å². The van der Waals surface area contributed by atoms with Crippen LogP contribution in [0.15, 0.2) is 77.7 Å². The number of carbonyl (C=O) groups excluding carboxylic acids is 2. The number of carbonyl (C=O) groups is 2. The fourth-order valence-electron chi connectivity index (χ4n) is 3.89. The van der Waals surface area contributed by atoms with Crippen molar-refractivity contribution in [1.82, 2.24) is 10.2 Å². The van der Waals surface area contributed by atoms with E-state index in [2.05, 4.69) is 5.32 Å². The van der Waals surface area contributed by atoms with Gasteiger partial charge in [0.1, 0.15) is 18.3 Å². The van der Waals surface area contributed by atoms with Crippen LogP contribution in [0.4, 0.5) is 5.69 Å². The minimum Gasteiger partial charge on any atom is -0.495 e. The van der Waals surface area contributed by atoms with Crippen molar-refractivity contribution in [3.8, 4) is 5.75 Å². The topological polar surface area (TPSA) is 96.0 Å². The summed E-state index contributed by atoms with van der Waals surface area (Å²) in [6.45, 7) is 4.56. The van der Waals surface area contributed by atoms with Crippen LogP contribution in [0.25, 0.3) is 0 Å². The van der Waals surface area contributed by atoms with E-state index in [0.29, 0.717) is 10.6 Å². The molecule has 0 fully saturated rings. The molecule has 208 valence electrons. The van der Waals surface area contributed by atoms with Crippen LogP contribution in [-0.4, -0.2) is 50.9 Å². The largest absolute Gasteiger partial charge is 0.495 e. The van der Waals surface area contributed by atoms with Crippen molar-refractivity contribution < 1.29 is 22.7 Å². The molecule has 8 nitrogen and oxygen atoms in total. The third kappa shape index (κ3) is 7.44. The minimum absolute atomic E-state index is 0.0168. The Kier molecular flexibility index (Phi) is 10.2. The highest BCUT2D eigenvalue weighted by Crippen LogP contribution is 2.35. The van der Waals surface area contributed by atoms with E-state index in [1.54, 1.807) is 55.5 Å². The van der Waals surface area contributed by atoms with Crippen molar-refractivity contribution in [2.75, 3.05) is 18.0 Å². The maximum absolute atomic E-state index is 14.0. The summed E-state index contributed by atoms with van der Waals surface area (Å²) in [6, 6.07) is 18.1. The Balaban J connectivity index is 2.10. The number of rotatable bonds is 11. The number of methoxy groups -OCH3 is 1. The number of benzene rings is 3. The molecule has 0 aromatic heterocycles. The predicted octanol–water partition coefficient (Wildman–Crippen LogP) is 5.14. The second kappa shape index (κ2) is 13.2. The van der Waals surface area contributed by atoms with Gasteiger partial charge in [-0.2, -0.15) is 0 Å². The van der Waals surface area contributed by atoms with Crippen molar-refractivity contribution in [3.05, 3.63) is 88.4 Å². The number of hydrogen-bond donors (Lipinski definition) is 1. The first-order chi connectivity index (χ1) is 18.4. The lowest BCUT2D eigenvalue weighted by atomic mass is 10.1. The molecule has 0 saturated heterocycles. The van der Waals surface area contributed by atoms with Crippen LogP contribution in [0.5, 0.6) is 5.75 Å². The molecule has 3 aromatic carbocycles. The van der Waals surface area contributed by atoms with Crippen molar-refractivity contribution >= 4 is 50.7 Å². The standard InChI is InChI=1S/C28H31Cl2N3O5S/c1-19(2)31-28(35)20(3)32(17-21-10-8-9-13-24(21)30)27(34)18-33(25-16-22(29)14-15-26(25)38-4)39(36,37)23-11-6-5-7-12-23/h5-16,19-20H,17-18H2,1-4H3,(H,31,35). The van der Waals surface area contributed by atoms with Crippen LogP contribution in [0, 0.1) is 0 Å². The van der Waals surface area contributed by atoms with E-state index in [0.717, 1.165) is 4.31 Å². The molecular weight excluding hydrogens is 561 g/mol. The number of halogens is 2. The van der Waals surface area contributed by atoms with Crippen LogP contribution < -0.4 is 14.4 Å². The smallest absolute Gasteiger partial charge is 0.264 e. The highest BCUT2D eigenvalue weighted by Gasteiger charge is 2.34. The van der Waals surface area contributed by atoms with Crippen molar-refractivity contribution in [2.24, 2.45) is 0 Å². The van der Waals surface area contributed by atoms with Crippen LogP contribution in [0.3, 0.4) is 0 Å². The van der Waals surface area contributed by atoms with Gasteiger partial charge in [0.2, 0.25) is 11.8 Å². The monoisotopic (exact) mass is 591 g/mol. The molecule has 2 amide bonds. The summed E-state index contributed by atoms with van der Waals surface area (Å²) in [4.78, 5) is 28.2. The summed E-state index contributed by atoms with van der Waals surface area (Å²) in [5, 5.41) is 3.48. The molecule has 3 rings (SSSR count). The van der Waals surface area contributed by atoms with Crippen molar-refractivity contribution in [1.29, 1.82) is 0 Å². The van der Waals surface area contributed by atoms with Gasteiger partial charge in [0.25, 0.3) is 10.0 Å². The van der Waals surface area contributed by atoms with Gasteiger partial charge in [0.15, 0.2) is 0 Å². The molecule has 0 aliphatic heterocycles. The molecule has 0 heterocycles.